The molecule has 0 bridgehead atoms. The number of rotatable bonds is 2. The van der Waals surface area contributed by atoms with Crippen LogP contribution in [0.2, 0.25) is 0 Å². The summed E-state index contributed by atoms with van der Waals surface area (Å²) in [6.45, 7) is 2.92. The largest absolute Gasteiger partial charge is 0.370 e. The van der Waals surface area contributed by atoms with Crippen molar-refractivity contribution in [2.24, 2.45) is 15.9 Å². The van der Waals surface area contributed by atoms with Crippen LogP contribution < -0.4 is 15.5 Å². The summed E-state index contributed by atoms with van der Waals surface area (Å²) in [5.74, 6) is 1.36. The molecule has 1 saturated carbocycles. The van der Waals surface area contributed by atoms with Gasteiger partial charge < -0.3 is 20.4 Å². The summed E-state index contributed by atoms with van der Waals surface area (Å²) >= 11 is 0. The topological polar surface area (TPSA) is 85.2 Å². The molecule has 1 aromatic rings. The van der Waals surface area contributed by atoms with Crippen LogP contribution in [0.1, 0.15) is 44.9 Å². The van der Waals surface area contributed by atoms with E-state index in [0.29, 0.717) is 12.5 Å². The number of aromatic nitrogens is 1. The Hall–Kier alpha value is -2.90. The Morgan fingerprint density at radius 3 is 2.71 bits per heavy atom. The molecule has 1 amide bonds. The third-order valence-corrected chi connectivity index (χ3v) is 7.41. The van der Waals surface area contributed by atoms with Gasteiger partial charge in [0.05, 0.1) is 23.3 Å². The van der Waals surface area contributed by atoms with Crippen LogP contribution in [0.4, 0.5) is 11.5 Å². The maximum absolute atomic E-state index is 12.6. The number of carbonyl (C=O) groups is 1. The molecular formula is C23H29N7O. The number of guanidine groups is 1. The van der Waals surface area contributed by atoms with E-state index < -0.39 is 0 Å². The summed E-state index contributed by atoms with van der Waals surface area (Å²) in [5, 5.41) is 6.39. The minimum atomic E-state index is -0.105. The molecule has 1 aromatic heterocycles. The third-order valence-electron chi connectivity index (χ3n) is 7.41. The number of nitrogens with zero attached hydrogens (tertiary/aromatic N) is 5. The Morgan fingerprint density at radius 1 is 1.10 bits per heavy atom. The Balaban J connectivity index is 1.21. The fourth-order valence-electron chi connectivity index (χ4n) is 5.81. The molecule has 6 rings (SSSR count). The molecule has 5 aliphatic rings. The molecular weight excluding hydrogens is 390 g/mol. The summed E-state index contributed by atoms with van der Waals surface area (Å²) < 4.78 is 0. The van der Waals surface area contributed by atoms with Gasteiger partial charge in [-0.25, -0.2) is 15.0 Å². The average Bonchev–Trinajstić information content (AvgIpc) is 3.43. The summed E-state index contributed by atoms with van der Waals surface area (Å²) in [6.07, 6.45) is 14.2. The molecule has 8 heteroatoms. The summed E-state index contributed by atoms with van der Waals surface area (Å²) in [5.41, 5.74) is 1.93. The van der Waals surface area contributed by atoms with E-state index in [-0.39, 0.29) is 23.5 Å². The van der Waals surface area contributed by atoms with Gasteiger partial charge in [0, 0.05) is 25.8 Å². The second-order valence-electron chi connectivity index (χ2n) is 9.33. The van der Waals surface area contributed by atoms with Crippen molar-refractivity contribution in [1.82, 2.24) is 15.2 Å². The zero-order valence-electron chi connectivity index (χ0n) is 17.8. The SMILES string of the molecule is O=C1NCC2(CCCC2)N2C1=CC1C=NC(Nc3ccc(N4CCCCC4)cn3)=NC12. The Labute approximate surface area is 182 Å². The number of carbonyl (C=O) groups excluding carboxylic acids is 1. The molecule has 2 atom stereocenters. The van der Waals surface area contributed by atoms with Gasteiger partial charge in [0.25, 0.3) is 5.91 Å². The lowest BCUT2D eigenvalue weighted by Gasteiger charge is -2.48. The first kappa shape index (κ1) is 18.8. The Bertz CT molecular complexity index is 955. The number of hydrogen-bond donors (Lipinski definition) is 2. The lowest BCUT2D eigenvalue weighted by Crippen LogP contribution is -2.62. The van der Waals surface area contributed by atoms with Gasteiger partial charge in [-0.2, -0.15) is 0 Å². The quantitative estimate of drug-likeness (QED) is 0.769. The second kappa shape index (κ2) is 7.35. The maximum atomic E-state index is 12.6. The van der Waals surface area contributed by atoms with Crippen molar-refractivity contribution in [2.45, 2.75) is 56.7 Å². The number of piperazine rings is 1. The van der Waals surface area contributed by atoms with Gasteiger partial charge in [0.2, 0.25) is 5.96 Å². The minimum Gasteiger partial charge on any atom is -0.370 e. The molecule has 2 unspecified atom stereocenters. The van der Waals surface area contributed by atoms with Gasteiger partial charge in [-0.05, 0) is 50.3 Å². The van der Waals surface area contributed by atoms with E-state index in [4.69, 9.17) is 4.99 Å². The molecule has 3 fully saturated rings. The van der Waals surface area contributed by atoms with Gasteiger partial charge in [0.1, 0.15) is 17.7 Å². The molecule has 8 nitrogen and oxygen atoms in total. The predicted octanol–water partition coefficient (Wildman–Crippen LogP) is 2.51. The van der Waals surface area contributed by atoms with Crippen LogP contribution in [-0.4, -0.2) is 59.3 Å². The molecule has 31 heavy (non-hydrogen) atoms. The van der Waals surface area contributed by atoms with Crippen molar-refractivity contribution in [1.29, 1.82) is 0 Å². The highest BCUT2D eigenvalue weighted by atomic mass is 16.2. The van der Waals surface area contributed by atoms with E-state index in [1.165, 1.54) is 37.8 Å². The average molecular weight is 420 g/mol. The van der Waals surface area contributed by atoms with Gasteiger partial charge in [-0.3, -0.25) is 4.79 Å². The van der Waals surface area contributed by atoms with E-state index in [2.05, 4.69) is 36.5 Å². The third kappa shape index (κ3) is 3.20. The van der Waals surface area contributed by atoms with E-state index in [9.17, 15) is 4.79 Å². The van der Waals surface area contributed by atoms with Crippen molar-refractivity contribution in [2.75, 3.05) is 29.9 Å². The highest BCUT2D eigenvalue weighted by Crippen LogP contribution is 2.45. The summed E-state index contributed by atoms with van der Waals surface area (Å²) in [6, 6.07) is 4.12. The lowest BCUT2D eigenvalue weighted by atomic mass is 9.91. The van der Waals surface area contributed by atoms with E-state index in [0.717, 1.165) is 37.4 Å². The lowest BCUT2D eigenvalue weighted by molar-refractivity contribution is -0.123. The van der Waals surface area contributed by atoms with E-state index in [1.807, 2.05) is 24.6 Å². The number of hydrogen-bond acceptors (Lipinski definition) is 7. The molecule has 1 spiro atoms. The Kier molecular flexibility index (Phi) is 4.47. The fraction of sp³-hybridized carbons (Fsp3) is 0.565. The van der Waals surface area contributed by atoms with Crippen molar-refractivity contribution >= 4 is 29.6 Å². The van der Waals surface area contributed by atoms with Crippen LogP contribution in [0.25, 0.3) is 0 Å². The van der Waals surface area contributed by atoms with Gasteiger partial charge in [0.15, 0.2) is 0 Å². The number of fused-ring (bicyclic) bond motifs is 4. The minimum absolute atomic E-state index is 0.00666. The molecule has 0 aromatic carbocycles. The van der Waals surface area contributed by atoms with Crippen LogP contribution in [0.5, 0.6) is 0 Å². The standard InChI is InChI=1S/C23H29N7O/c31-21-18-12-16-13-25-22(28-20(16)30(18)23(15-26-21)8-2-3-9-23)27-19-7-6-17(14-24-19)29-10-4-1-5-11-29/h6-7,12-14,16,20H,1-5,8-11,15H2,(H,26,31)(H,24,27,28). The van der Waals surface area contributed by atoms with Crippen molar-refractivity contribution in [3.05, 3.63) is 30.1 Å². The fourth-order valence-corrected chi connectivity index (χ4v) is 5.81. The van der Waals surface area contributed by atoms with Crippen molar-refractivity contribution < 1.29 is 4.79 Å². The molecule has 1 aliphatic carbocycles. The molecule has 4 aliphatic heterocycles. The zero-order chi connectivity index (χ0) is 20.8. The van der Waals surface area contributed by atoms with Crippen LogP contribution in [0, 0.1) is 5.92 Å². The van der Waals surface area contributed by atoms with E-state index >= 15 is 0 Å². The number of aliphatic imine (C=N–C) groups is 2. The van der Waals surface area contributed by atoms with Crippen molar-refractivity contribution in [3.8, 4) is 0 Å². The van der Waals surface area contributed by atoms with Gasteiger partial charge in [-0.15, -0.1) is 0 Å². The molecule has 2 N–H and O–H groups in total. The molecule has 2 saturated heterocycles. The van der Waals surface area contributed by atoms with Gasteiger partial charge in [-0.1, -0.05) is 12.8 Å². The smallest absolute Gasteiger partial charge is 0.267 e. The number of amides is 1. The summed E-state index contributed by atoms with van der Waals surface area (Å²) in [4.78, 5) is 31.3. The molecule has 162 valence electrons. The monoisotopic (exact) mass is 419 g/mol. The normalized spacial score (nSPS) is 28.7. The first-order valence-electron chi connectivity index (χ1n) is 11.6. The van der Waals surface area contributed by atoms with Crippen LogP contribution in [-0.2, 0) is 4.79 Å². The molecule has 0 radical (unpaired) electrons. The number of anilines is 2. The van der Waals surface area contributed by atoms with Crippen LogP contribution in [0.15, 0.2) is 40.1 Å². The van der Waals surface area contributed by atoms with E-state index in [1.54, 1.807) is 0 Å². The first-order chi connectivity index (χ1) is 15.2. The Morgan fingerprint density at radius 2 is 1.94 bits per heavy atom. The number of pyridine rings is 1. The predicted molar refractivity (Wildman–Crippen MR) is 121 cm³/mol. The molecule has 5 heterocycles. The van der Waals surface area contributed by atoms with Gasteiger partial charge >= 0.3 is 0 Å². The zero-order valence-corrected chi connectivity index (χ0v) is 17.8. The maximum Gasteiger partial charge on any atom is 0.267 e. The number of piperidine rings is 1. The first-order valence-corrected chi connectivity index (χ1v) is 11.6. The highest BCUT2D eigenvalue weighted by Gasteiger charge is 2.53. The highest BCUT2D eigenvalue weighted by molar-refractivity contribution is 6.01. The van der Waals surface area contributed by atoms with Crippen LogP contribution in [0.3, 0.4) is 0 Å². The number of nitrogens with one attached hydrogen (secondary N) is 2. The van der Waals surface area contributed by atoms with Crippen LogP contribution >= 0.6 is 0 Å². The summed E-state index contributed by atoms with van der Waals surface area (Å²) in [7, 11) is 0. The van der Waals surface area contributed by atoms with Crippen molar-refractivity contribution in [3.63, 3.8) is 0 Å². The second-order valence-corrected chi connectivity index (χ2v) is 9.33.